The molecule has 0 aliphatic rings. The SMILES string of the molecule is CCC(NS(=O)(=O)c1cc(C)c(CN)s1)c1cccs1. The van der Waals surface area contributed by atoms with Gasteiger partial charge in [0.15, 0.2) is 0 Å². The first-order chi connectivity index (χ1) is 9.47. The summed E-state index contributed by atoms with van der Waals surface area (Å²) in [4.78, 5) is 1.94. The molecule has 1 atom stereocenters. The molecule has 110 valence electrons. The van der Waals surface area contributed by atoms with Crippen LogP contribution in [-0.2, 0) is 16.6 Å². The number of nitrogens with two attached hydrogens (primary N) is 1. The summed E-state index contributed by atoms with van der Waals surface area (Å²) >= 11 is 2.80. The zero-order valence-electron chi connectivity index (χ0n) is 11.4. The Balaban J connectivity index is 2.25. The van der Waals surface area contributed by atoms with Crippen molar-refractivity contribution >= 4 is 32.7 Å². The van der Waals surface area contributed by atoms with Crippen LogP contribution in [0.2, 0.25) is 0 Å². The highest BCUT2D eigenvalue weighted by molar-refractivity contribution is 7.91. The Hall–Kier alpha value is -0.730. The molecule has 0 radical (unpaired) electrons. The van der Waals surface area contributed by atoms with Gasteiger partial charge in [0.25, 0.3) is 10.0 Å². The fraction of sp³-hybridized carbons (Fsp3) is 0.385. The quantitative estimate of drug-likeness (QED) is 0.855. The number of nitrogens with one attached hydrogen (secondary N) is 1. The molecule has 2 aromatic heterocycles. The Morgan fingerprint density at radius 1 is 1.45 bits per heavy atom. The van der Waals surface area contributed by atoms with E-state index in [1.54, 1.807) is 17.4 Å². The lowest BCUT2D eigenvalue weighted by molar-refractivity contribution is 0.555. The predicted octanol–water partition coefficient (Wildman–Crippen LogP) is 3.01. The second-order valence-corrected chi connectivity index (χ2v) is 8.53. The third-order valence-corrected chi connectivity index (χ3v) is 7.23. The van der Waals surface area contributed by atoms with Crippen LogP contribution in [0.15, 0.2) is 27.8 Å². The highest BCUT2D eigenvalue weighted by Crippen LogP contribution is 2.28. The average Bonchev–Trinajstić information content (AvgIpc) is 3.05. The number of aryl methyl sites for hydroxylation is 1. The molecule has 0 aliphatic heterocycles. The molecule has 7 heteroatoms. The molecule has 0 spiro atoms. The molecule has 20 heavy (non-hydrogen) atoms. The molecule has 2 rings (SSSR count). The van der Waals surface area contributed by atoms with Gasteiger partial charge >= 0.3 is 0 Å². The van der Waals surface area contributed by atoms with Crippen LogP contribution >= 0.6 is 22.7 Å². The Morgan fingerprint density at radius 3 is 2.70 bits per heavy atom. The van der Waals surface area contributed by atoms with Crippen molar-refractivity contribution in [3.8, 4) is 0 Å². The second kappa shape index (κ2) is 6.36. The maximum atomic E-state index is 12.4. The molecule has 0 saturated carbocycles. The number of rotatable bonds is 6. The van der Waals surface area contributed by atoms with Crippen molar-refractivity contribution in [3.05, 3.63) is 38.9 Å². The van der Waals surface area contributed by atoms with Crippen LogP contribution in [0.4, 0.5) is 0 Å². The maximum Gasteiger partial charge on any atom is 0.250 e. The largest absolute Gasteiger partial charge is 0.326 e. The van der Waals surface area contributed by atoms with Crippen molar-refractivity contribution in [2.24, 2.45) is 5.73 Å². The Bertz CT molecular complexity index is 660. The standard InChI is InChI=1S/C13H18N2O2S3/c1-3-10(11-5-4-6-18-11)15-20(16,17)13-7-9(2)12(8-14)19-13/h4-7,10,15H,3,8,14H2,1-2H3. The molecule has 0 amide bonds. The van der Waals surface area contributed by atoms with Gasteiger partial charge in [0, 0.05) is 16.3 Å². The van der Waals surface area contributed by atoms with Gasteiger partial charge in [-0.2, -0.15) is 0 Å². The van der Waals surface area contributed by atoms with Gasteiger partial charge in [-0.25, -0.2) is 13.1 Å². The van der Waals surface area contributed by atoms with E-state index in [0.717, 1.165) is 15.3 Å². The Kier molecular flexibility index (Phi) is 4.98. The van der Waals surface area contributed by atoms with Crippen LogP contribution in [0.1, 0.15) is 34.7 Å². The number of hydrogen-bond acceptors (Lipinski definition) is 5. The highest BCUT2D eigenvalue weighted by atomic mass is 32.2. The van der Waals surface area contributed by atoms with Crippen molar-refractivity contribution in [1.29, 1.82) is 0 Å². The third-order valence-electron chi connectivity index (χ3n) is 3.04. The fourth-order valence-corrected chi connectivity index (χ4v) is 5.62. The third kappa shape index (κ3) is 3.29. The molecular weight excluding hydrogens is 312 g/mol. The summed E-state index contributed by atoms with van der Waals surface area (Å²) in [5, 5.41) is 1.95. The normalized spacial score (nSPS) is 13.6. The van der Waals surface area contributed by atoms with E-state index in [-0.39, 0.29) is 6.04 Å². The molecule has 1 unspecified atom stereocenters. The zero-order chi connectivity index (χ0) is 14.8. The Labute approximate surface area is 127 Å². The topological polar surface area (TPSA) is 72.2 Å². The van der Waals surface area contributed by atoms with Gasteiger partial charge in [-0.15, -0.1) is 22.7 Å². The monoisotopic (exact) mass is 330 g/mol. The Morgan fingerprint density at radius 2 is 2.20 bits per heavy atom. The van der Waals surface area contributed by atoms with Gasteiger partial charge in [0.2, 0.25) is 0 Å². The van der Waals surface area contributed by atoms with E-state index in [0.29, 0.717) is 17.2 Å². The van der Waals surface area contributed by atoms with Crippen LogP contribution in [0.25, 0.3) is 0 Å². The van der Waals surface area contributed by atoms with E-state index < -0.39 is 10.0 Å². The van der Waals surface area contributed by atoms with Crippen LogP contribution in [0.5, 0.6) is 0 Å². The van der Waals surface area contributed by atoms with Crippen molar-refractivity contribution in [2.75, 3.05) is 0 Å². The summed E-state index contributed by atoms with van der Waals surface area (Å²) in [6.07, 6.45) is 0.716. The van der Waals surface area contributed by atoms with Gasteiger partial charge in [-0.05, 0) is 36.4 Å². The van der Waals surface area contributed by atoms with Gasteiger partial charge in [-0.1, -0.05) is 13.0 Å². The van der Waals surface area contributed by atoms with E-state index in [2.05, 4.69) is 4.72 Å². The molecule has 2 heterocycles. The summed E-state index contributed by atoms with van der Waals surface area (Å²) in [6, 6.07) is 5.39. The van der Waals surface area contributed by atoms with Crippen molar-refractivity contribution in [3.63, 3.8) is 0 Å². The first-order valence-corrected chi connectivity index (χ1v) is 9.51. The van der Waals surface area contributed by atoms with Crippen molar-refractivity contribution < 1.29 is 8.42 Å². The molecule has 2 aromatic rings. The van der Waals surface area contributed by atoms with E-state index >= 15 is 0 Å². The number of sulfonamides is 1. The zero-order valence-corrected chi connectivity index (χ0v) is 13.9. The minimum Gasteiger partial charge on any atom is -0.326 e. The van der Waals surface area contributed by atoms with Gasteiger partial charge in [-0.3, -0.25) is 0 Å². The molecule has 4 nitrogen and oxygen atoms in total. The lowest BCUT2D eigenvalue weighted by atomic mass is 10.2. The predicted molar refractivity (Wildman–Crippen MR) is 84.6 cm³/mol. The van der Waals surface area contributed by atoms with Crippen LogP contribution in [-0.4, -0.2) is 8.42 Å². The summed E-state index contributed by atoms with van der Waals surface area (Å²) in [6.45, 7) is 4.22. The molecule has 0 aliphatic carbocycles. The van der Waals surface area contributed by atoms with Crippen LogP contribution in [0.3, 0.4) is 0 Å². The smallest absolute Gasteiger partial charge is 0.250 e. The van der Waals surface area contributed by atoms with E-state index in [1.165, 1.54) is 11.3 Å². The maximum absolute atomic E-state index is 12.4. The molecule has 3 N–H and O–H groups in total. The second-order valence-electron chi connectivity index (χ2n) is 4.47. The first-order valence-electron chi connectivity index (χ1n) is 6.33. The minimum absolute atomic E-state index is 0.177. The van der Waals surface area contributed by atoms with E-state index in [1.807, 2.05) is 31.4 Å². The lowest BCUT2D eigenvalue weighted by Gasteiger charge is -2.14. The van der Waals surface area contributed by atoms with Gasteiger partial charge in [0.05, 0.1) is 6.04 Å². The van der Waals surface area contributed by atoms with Gasteiger partial charge < -0.3 is 5.73 Å². The molecular formula is C13H18N2O2S3. The summed E-state index contributed by atoms with van der Waals surface area (Å²) in [5.41, 5.74) is 6.54. The summed E-state index contributed by atoms with van der Waals surface area (Å²) in [7, 11) is -3.49. The summed E-state index contributed by atoms with van der Waals surface area (Å²) < 4.78 is 28.0. The highest BCUT2D eigenvalue weighted by Gasteiger charge is 2.23. The van der Waals surface area contributed by atoms with Crippen molar-refractivity contribution in [2.45, 2.75) is 37.1 Å². The number of hydrogen-bond donors (Lipinski definition) is 2. The van der Waals surface area contributed by atoms with E-state index in [9.17, 15) is 8.42 Å². The lowest BCUT2D eigenvalue weighted by Crippen LogP contribution is -2.27. The van der Waals surface area contributed by atoms with Crippen LogP contribution in [0, 0.1) is 6.92 Å². The fourth-order valence-electron chi connectivity index (χ4n) is 1.90. The molecule has 0 saturated heterocycles. The number of thiophene rings is 2. The summed E-state index contributed by atoms with van der Waals surface area (Å²) in [5.74, 6) is 0. The molecule has 0 bridgehead atoms. The molecule has 0 fully saturated rings. The van der Waals surface area contributed by atoms with Crippen LogP contribution < -0.4 is 10.5 Å². The first kappa shape index (κ1) is 15.7. The van der Waals surface area contributed by atoms with Crippen molar-refractivity contribution in [1.82, 2.24) is 4.72 Å². The van der Waals surface area contributed by atoms with Gasteiger partial charge in [0.1, 0.15) is 4.21 Å². The minimum atomic E-state index is -3.49. The van der Waals surface area contributed by atoms with E-state index in [4.69, 9.17) is 5.73 Å². The molecule has 0 aromatic carbocycles. The average molecular weight is 330 g/mol.